The van der Waals surface area contributed by atoms with Gasteiger partial charge in [0.05, 0.1) is 6.61 Å². The van der Waals surface area contributed by atoms with E-state index in [0.29, 0.717) is 6.61 Å². The number of anilines is 1. The van der Waals surface area contributed by atoms with E-state index in [1.54, 1.807) is 0 Å². The third-order valence-electron chi connectivity index (χ3n) is 2.04. The van der Waals surface area contributed by atoms with Gasteiger partial charge >= 0.3 is 0 Å². The van der Waals surface area contributed by atoms with Crippen LogP contribution in [0, 0.1) is 0 Å². The molecule has 0 heterocycles. The van der Waals surface area contributed by atoms with Crippen molar-refractivity contribution in [3.63, 3.8) is 0 Å². The van der Waals surface area contributed by atoms with Gasteiger partial charge in [-0.3, -0.25) is 0 Å². The Labute approximate surface area is 86.3 Å². The number of benzene rings is 1. The second-order valence-corrected chi connectivity index (χ2v) is 3.22. The molecule has 14 heavy (non-hydrogen) atoms. The summed E-state index contributed by atoms with van der Waals surface area (Å²) >= 11 is 0. The van der Waals surface area contributed by atoms with Crippen molar-refractivity contribution in [3.8, 4) is 0 Å². The third-order valence-corrected chi connectivity index (χ3v) is 2.04. The van der Waals surface area contributed by atoms with Crippen LogP contribution in [0.3, 0.4) is 0 Å². The Morgan fingerprint density at radius 1 is 1.21 bits per heavy atom. The molecule has 0 fully saturated rings. The maximum atomic E-state index is 5.40. The van der Waals surface area contributed by atoms with Crippen LogP contribution >= 0.6 is 0 Å². The van der Waals surface area contributed by atoms with E-state index >= 15 is 0 Å². The summed E-state index contributed by atoms with van der Waals surface area (Å²) in [7, 11) is 0. The molecule has 1 aromatic rings. The van der Waals surface area contributed by atoms with Gasteiger partial charge in [-0.15, -0.1) is 0 Å². The van der Waals surface area contributed by atoms with E-state index in [0.717, 1.165) is 19.6 Å². The SMILES string of the molecule is CCCNc1ccccc1COCC. The number of hydrogen-bond acceptors (Lipinski definition) is 2. The van der Waals surface area contributed by atoms with Crippen LogP contribution in [0.1, 0.15) is 25.8 Å². The van der Waals surface area contributed by atoms with Gasteiger partial charge < -0.3 is 10.1 Å². The predicted octanol–water partition coefficient (Wildman–Crippen LogP) is 3.05. The van der Waals surface area contributed by atoms with Gasteiger partial charge in [0.25, 0.3) is 0 Å². The Bertz CT molecular complexity index is 233. The Hall–Kier alpha value is -1.02. The number of nitrogens with one attached hydrogen (secondary N) is 1. The zero-order chi connectivity index (χ0) is 10.2. The lowest BCUT2D eigenvalue weighted by Gasteiger charge is -2.10. The van der Waals surface area contributed by atoms with E-state index in [1.807, 2.05) is 19.1 Å². The lowest BCUT2D eigenvalue weighted by atomic mass is 10.2. The van der Waals surface area contributed by atoms with Crippen LogP contribution in [-0.4, -0.2) is 13.2 Å². The second kappa shape index (κ2) is 6.44. The molecule has 0 aromatic heterocycles. The van der Waals surface area contributed by atoms with Crippen molar-refractivity contribution in [2.75, 3.05) is 18.5 Å². The van der Waals surface area contributed by atoms with Gasteiger partial charge in [0.15, 0.2) is 0 Å². The molecule has 1 aromatic carbocycles. The average molecular weight is 193 g/mol. The van der Waals surface area contributed by atoms with Crippen molar-refractivity contribution in [3.05, 3.63) is 29.8 Å². The highest BCUT2D eigenvalue weighted by Gasteiger charge is 1.99. The van der Waals surface area contributed by atoms with Crippen LogP contribution in [0.25, 0.3) is 0 Å². The first-order valence-electron chi connectivity index (χ1n) is 5.28. The topological polar surface area (TPSA) is 21.3 Å². The normalized spacial score (nSPS) is 10.1. The largest absolute Gasteiger partial charge is 0.385 e. The standard InChI is InChI=1S/C12H19NO/c1-3-9-13-12-8-6-5-7-11(12)10-14-4-2/h5-8,13H,3-4,9-10H2,1-2H3. The van der Waals surface area contributed by atoms with Crippen molar-refractivity contribution < 1.29 is 4.74 Å². The first-order valence-corrected chi connectivity index (χ1v) is 5.28. The van der Waals surface area contributed by atoms with E-state index in [9.17, 15) is 0 Å². The van der Waals surface area contributed by atoms with E-state index < -0.39 is 0 Å². The zero-order valence-electron chi connectivity index (χ0n) is 9.05. The minimum atomic E-state index is 0.698. The van der Waals surface area contributed by atoms with E-state index in [1.165, 1.54) is 11.3 Å². The first kappa shape index (κ1) is 11.1. The molecule has 1 rings (SSSR count). The van der Waals surface area contributed by atoms with Crippen LogP contribution < -0.4 is 5.32 Å². The van der Waals surface area contributed by atoms with Gasteiger partial charge in [-0.05, 0) is 19.4 Å². The van der Waals surface area contributed by atoms with E-state index in [2.05, 4.69) is 24.4 Å². The van der Waals surface area contributed by atoms with Crippen molar-refractivity contribution in [1.82, 2.24) is 0 Å². The van der Waals surface area contributed by atoms with Gasteiger partial charge in [-0.1, -0.05) is 25.1 Å². The fraction of sp³-hybridized carbons (Fsp3) is 0.500. The highest BCUT2D eigenvalue weighted by Crippen LogP contribution is 2.15. The number of ether oxygens (including phenoxy) is 1. The lowest BCUT2D eigenvalue weighted by Crippen LogP contribution is -2.03. The molecule has 0 saturated carbocycles. The maximum absolute atomic E-state index is 5.40. The van der Waals surface area contributed by atoms with Crippen molar-refractivity contribution >= 4 is 5.69 Å². The van der Waals surface area contributed by atoms with Crippen LogP contribution in [0.2, 0.25) is 0 Å². The number of rotatable bonds is 6. The molecule has 0 unspecified atom stereocenters. The Kier molecular flexibility index (Phi) is 5.08. The molecule has 0 amide bonds. The molecule has 2 nitrogen and oxygen atoms in total. The monoisotopic (exact) mass is 193 g/mol. The first-order chi connectivity index (χ1) is 6.88. The summed E-state index contributed by atoms with van der Waals surface area (Å²) in [5.74, 6) is 0. The quantitative estimate of drug-likeness (QED) is 0.749. The summed E-state index contributed by atoms with van der Waals surface area (Å²) in [5, 5.41) is 3.39. The molecule has 0 saturated heterocycles. The molecule has 1 N–H and O–H groups in total. The highest BCUT2D eigenvalue weighted by atomic mass is 16.5. The second-order valence-electron chi connectivity index (χ2n) is 3.22. The van der Waals surface area contributed by atoms with Crippen LogP contribution in [0.15, 0.2) is 24.3 Å². The van der Waals surface area contributed by atoms with E-state index in [-0.39, 0.29) is 0 Å². The van der Waals surface area contributed by atoms with Crippen LogP contribution in [0.4, 0.5) is 5.69 Å². The summed E-state index contributed by atoms with van der Waals surface area (Å²) in [5.41, 5.74) is 2.44. The molecular formula is C12H19NO. The van der Waals surface area contributed by atoms with E-state index in [4.69, 9.17) is 4.74 Å². The smallest absolute Gasteiger partial charge is 0.0736 e. The fourth-order valence-corrected chi connectivity index (χ4v) is 1.29. The number of hydrogen-bond donors (Lipinski definition) is 1. The minimum absolute atomic E-state index is 0.698. The Balaban J connectivity index is 2.60. The van der Waals surface area contributed by atoms with Crippen molar-refractivity contribution in [2.24, 2.45) is 0 Å². The molecule has 0 aliphatic carbocycles. The molecule has 0 aliphatic rings. The van der Waals surface area contributed by atoms with Gasteiger partial charge in [0, 0.05) is 24.4 Å². The summed E-state index contributed by atoms with van der Waals surface area (Å²) < 4.78 is 5.40. The minimum Gasteiger partial charge on any atom is -0.385 e. The summed E-state index contributed by atoms with van der Waals surface area (Å²) in [6, 6.07) is 8.30. The third kappa shape index (κ3) is 3.38. The van der Waals surface area contributed by atoms with Crippen LogP contribution in [-0.2, 0) is 11.3 Å². The van der Waals surface area contributed by atoms with Crippen molar-refractivity contribution in [2.45, 2.75) is 26.9 Å². The Morgan fingerprint density at radius 3 is 2.71 bits per heavy atom. The average Bonchev–Trinajstić information content (AvgIpc) is 2.24. The summed E-state index contributed by atoms with van der Waals surface area (Å²) in [4.78, 5) is 0. The highest BCUT2D eigenvalue weighted by molar-refractivity contribution is 5.50. The molecule has 2 heteroatoms. The predicted molar refractivity (Wildman–Crippen MR) is 60.6 cm³/mol. The molecule has 0 spiro atoms. The molecule has 0 atom stereocenters. The Morgan fingerprint density at radius 2 is 2.00 bits per heavy atom. The lowest BCUT2D eigenvalue weighted by molar-refractivity contribution is 0.134. The zero-order valence-corrected chi connectivity index (χ0v) is 9.05. The van der Waals surface area contributed by atoms with Crippen LogP contribution in [0.5, 0.6) is 0 Å². The fourth-order valence-electron chi connectivity index (χ4n) is 1.29. The summed E-state index contributed by atoms with van der Waals surface area (Å²) in [6.45, 7) is 6.66. The van der Waals surface area contributed by atoms with Gasteiger partial charge in [0.1, 0.15) is 0 Å². The maximum Gasteiger partial charge on any atom is 0.0736 e. The molecule has 0 aliphatic heterocycles. The molecule has 78 valence electrons. The van der Waals surface area contributed by atoms with Gasteiger partial charge in [-0.2, -0.15) is 0 Å². The van der Waals surface area contributed by atoms with Gasteiger partial charge in [-0.25, -0.2) is 0 Å². The number of para-hydroxylation sites is 1. The molecule has 0 radical (unpaired) electrons. The molecule has 0 bridgehead atoms. The summed E-state index contributed by atoms with van der Waals surface area (Å²) in [6.07, 6.45) is 1.14. The van der Waals surface area contributed by atoms with Crippen molar-refractivity contribution in [1.29, 1.82) is 0 Å². The van der Waals surface area contributed by atoms with Gasteiger partial charge in [0.2, 0.25) is 0 Å². The molecular weight excluding hydrogens is 174 g/mol.